The van der Waals surface area contributed by atoms with Crippen LogP contribution in [0.3, 0.4) is 0 Å². The summed E-state index contributed by atoms with van der Waals surface area (Å²) in [4.78, 5) is 2.67. The average Bonchev–Trinajstić information content (AvgIpc) is 3.24. The molecular weight excluding hydrogens is 248 g/mol. The zero-order valence-corrected chi connectivity index (χ0v) is 13.4. The molecule has 0 aromatic rings. The summed E-state index contributed by atoms with van der Waals surface area (Å²) in [5, 5.41) is 3.82. The highest BCUT2D eigenvalue weighted by Crippen LogP contribution is 2.40. The first-order valence-electron chi connectivity index (χ1n) is 8.73. The van der Waals surface area contributed by atoms with Crippen molar-refractivity contribution in [3.63, 3.8) is 0 Å². The van der Waals surface area contributed by atoms with E-state index in [2.05, 4.69) is 24.1 Å². The summed E-state index contributed by atoms with van der Waals surface area (Å²) in [6, 6.07) is 0.842. The summed E-state index contributed by atoms with van der Waals surface area (Å²) in [7, 11) is 0. The van der Waals surface area contributed by atoms with E-state index in [4.69, 9.17) is 4.74 Å². The quantitative estimate of drug-likeness (QED) is 0.838. The van der Waals surface area contributed by atoms with Crippen LogP contribution in [0.4, 0.5) is 0 Å². The largest absolute Gasteiger partial charge is 0.376 e. The molecule has 2 aliphatic carbocycles. The lowest BCUT2D eigenvalue weighted by Gasteiger charge is -2.44. The van der Waals surface area contributed by atoms with E-state index >= 15 is 0 Å². The third-order valence-corrected chi connectivity index (χ3v) is 5.56. The predicted octanol–water partition coefficient (Wildman–Crippen LogP) is 2.66. The van der Waals surface area contributed by atoms with Crippen LogP contribution >= 0.6 is 0 Å². The molecule has 3 nitrogen and oxygen atoms in total. The topological polar surface area (TPSA) is 24.5 Å². The van der Waals surface area contributed by atoms with E-state index in [1.165, 1.54) is 51.6 Å². The van der Waals surface area contributed by atoms with Gasteiger partial charge in [0.2, 0.25) is 0 Å². The van der Waals surface area contributed by atoms with Gasteiger partial charge in [-0.15, -0.1) is 0 Å². The third kappa shape index (κ3) is 3.96. The summed E-state index contributed by atoms with van der Waals surface area (Å²) >= 11 is 0. The molecule has 0 radical (unpaired) electrons. The fourth-order valence-corrected chi connectivity index (χ4v) is 3.92. The van der Waals surface area contributed by atoms with E-state index in [9.17, 15) is 0 Å². The second-order valence-corrected chi connectivity index (χ2v) is 7.75. The van der Waals surface area contributed by atoms with Crippen molar-refractivity contribution in [1.29, 1.82) is 0 Å². The molecule has 1 atom stereocenters. The first-order chi connectivity index (χ1) is 9.65. The van der Waals surface area contributed by atoms with E-state index in [0.717, 1.165) is 31.7 Å². The lowest BCUT2D eigenvalue weighted by molar-refractivity contribution is -0.0385. The lowest BCUT2D eigenvalue weighted by Crippen LogP contribution is -2.51. The second-order valence-electron chi connectivity index (χ2n) is 7.75. The molecule has 1 aliphatic heterocycles. The molecule has 1 heterocycles. The molecule has 0 aromatic carbocycles. The van der Waals surface area contributed by atoms with Crippen molar-refractivity contribution < 1.29 is 4.74 Å². The van der Waals surface area contributed by atoms with Crippen LogP contribution in [0.1, 0.15) is 52.4 Å². The Labute approximate surface area is 124 Å². The van der Waals surface area contributed by atoms with Crippen molar-refractivity contribution in [2.24, 2.45) is 11.3 Å². The minimum absolute atomic E-state index is 0.416. The molecule has 1 unspecified atom stereocenters. The second kappa shape index (κ2) is 6.33. The highest BCUT2D eigenvalue weighted by molar-refractivity contribution is 4.93. The number of ether oxygens (including phenoxy) is 1. The molecule has 3 fully saturated rings. The Morgan fingerprint density at radius 2 is 1.90 bits per heavy atom. The van der Waals surface area contributed by atoms with Crippen LogP contribution < -0.4 is 5.32 Å². The molecule has 0 aromatic heterocycles. The van der Waals surface area contributed by atoms with Gasteiger partial charge in [0.1, 0.15) is 0 Å². The number of hydrogen-bond donors (Lipinski definition) is 1. The first-order valence-corrected chi connectivity index (χ1v) is 8.73. The van der Waals surface area contributed by atoms with Gasteiger partial charge >= 0.3 is 0 Å². The van der Waals surface area contributed by atoms with E-state index in [1.54, 1.807) is 0 Å². The maximum absolute atomic E-state index is 5.70. The van der Waals surface area contributed by atoms with Crippen LogP contribution in [0.15, 0.2) is 0 Å². The van der Waals surface area contributed by atoms with Crippen molar-refractivity contribution >= 4 is 0 Å². The summed E-state index contributed by atoms with van der Waals surface area (Å²) in [6.45, 7) is 10.3. The molecule has 2 saturated carbocycles. The zero-order valence-electron chi connectivity index (χ0n) is 13.4. The van der Waals surface area contributed by atoms with Gasteiger partial charge in [0, 0.05) is 32.2 Å². The first kappa shape index (κ1) is 14.8. The SMILES string of the molecule is CC1CCC(CNC2CC2)(CN2CCOC(C)C2)CC1. The lowest BCUT2D eigenvalue weighted by atomic mass is 9.70. The Morgan fingerprint density at radius 3 is 2.55 bits per heavy atom. The van der Waals surface area contributed by atoms with Gasteiger partial charge < -0.3 is 10.1 Å². The Balaban J connectivity index is 1.58. The smallest absolute Gasteiger partial charge is 0.0674 e. The fourth-order valence-electron chi connectivity index (χ4n) is 3.92. The zero-order chi connectivity index (χ0) is 14.0. The molecule has 116 valence electrons. The van der Waals surface area contributed by atoms with Crippen LogP contribution in [0.2, 0.25) is 0 Å². The monoisotopic (exact) mass is 280 g/mol. The van der Waals surface area contributed by atoms with Crippen molar-refractivity contribution in [2.75, 3.05) is 32.8 Å². The normalized spacial score (nSPS) is 39.9. The molecule has 3 aliphatic rings. The summed E-state index contributed by atoms with van der Waals surface area (Å²) in [5.41, 5.74) is 0.534. The molecule has 1 N–H and O–H groups in total. The number of morpholine rings is 1. The predicted molar refractivity (Wildman–Crippen MR) is 82.9 cm³/mol. The Bertz CT molecular complexity index is 308. The molecule has 3 heteroatoms. The third-order valence-electron chi connectivity index (χ3n) is 5.56. The maximum atomic E-state index is 5.70. The van der Waals surface area contributed by atoms with Gasteiger partial charge in [0.05, 0.1) is 12.7 Å². The molecule has 0 spiro atoms. The molecule has 1 saturated heterocycles. The van der Waals surface area contributed by atoms with Crippen LogP contribution in [0, 0.1) is 11.3 Å². The maximum Gasteiger partial charge on any atom is 0.0674 e. The average molecular weight is 280 g/mol. The van der Waals surface area contributed by atoms with E-state index in [1.807, 2.05) is 0 Å². The van der Waals surface area contributed by atoms with Crippen LogP contribution in [0.25, 0.3) is 0 Å². The summed E-state index contributed by atoms with van der Waals surface area (Å²) in [5.74, 6) is 0.938. The Morgan fingerprint density at radius 1 is 1.15 bits per heavy atom. The van der Waals surface area contributed by atoms with Gasteiger partial charge in [-0.05, 0) is 43.9 Å². The number of hydrogen-bond acceptors (Lipinski definition) is 3. The van der Waals surface area contributed by atoms with Gasteiger partial charge in [-0.25, -0.2) is 0 Å². The van der Waals surface area contributed by atoms with Gasteiger partial charge in [0.25, 0.3) is 0 Å². The van der Waals surface area contributed by atoms with Crippen molar-refractivity contribution in [3.05, 3.63) is 0 Å². The highest BCUT2D eigenvalue weighted by Gasteiger charge is 2.37. The minimum atomic E-state index is 0.416. The van der Waals surface area contributed by atoms with Gasteiger partial charge in [-0.3, -0.25) is 4.90 Å². The summed E-state index contributed by atoms with van der Waals surface area (Å²) in [6.07, 6.45) is 8.90. The fraction of sp³-hybridized carbons (Fsp3) is 1.00. The van der Waals surface area contributed by atoms with Crippen LogP contribution in [0.5, 0.6) is 0 Å². The Kier molecular flexibility index (Phi) is 4.68. The molecule has 0 bridgehead atoms. The highest BCUT2D eigenvalue weighted by atomic mass is 16.5. The standard InChI is InChI=1S/C17H32N2O/c1-14-5-7-17(8-6-14,12-18-16-3-4-16)13-19-9-10-20-15(2)11-19/h14-16,18H,3-13H2,1-2H3. The minimum Gasteiger partial charge on any atom is -0.376 e. The van der Waals surface area contributed by atoms with Crippen molar-refractivity contribution in [2.45, 2.75) is 64.5 Å². The Hall–Kier alpha value is -0.120. The van der Waals surface area contributed by atoms with Crippen molar-refractivity contribution in [3.8, 4) is 0 Å². The van der Waals surface area contributed by atoms with Gasteiger partial charge in [-0.2, -0.15) is 0 Å². The molecular formula is C17H32N2O. The van der Waals surface area contributed by atoms with Crippen molar-refractivity contribution in [1.82, 2.24) is 10.2 Å². The van der Waals surface area contributed by atoms with Gasteiger partial charge in [0.15, 0.2) is 0 Å². The number of nitrogens with zero attached hydrogens (tertiary/aromatic N) is 1. The van der Waals surface area contributed by atoms with Crippen LogP contribution in [-0.4, -0.2) is 49.8 Å². The molecule has 0 amide bonds. The van der Waals surface area contributed by atoms with E-state index in [-0.39, 0.29) is 0 Å². The van der Waals surface area contributed by atoms with E-state index in [0.29, 0.717) is 11.5 Å². The summed E-state index contributed by atoms with van der Waals surface area (Å²) < 4.78 is 5.70. The van der Waals surface area contributed by atoms with E-state index < -0.39 is 0 Å². The number of rotatable bonds is 5. The molecule has 3 rings (SSSR count). The van der Waals surface area contributed by atoms with Gasteiger partial charge in [-0.1, -0.05) is 19.8 Å². The number of nitrogens with one attached hydrogen (secondary N) is 1. The molecule has 20 heavy (non-hydrogen) atoms. The van der Waals surface area contributed by atoms with Crippen LogP contribution in [-0.2, 0) is 4.74 Å².